The van der Waals surface area contributed by atoms with Gasteiger partial charge in [0.2, 0.25) is 0 Å². The zero-order valence-corrected chi connectivity index (χ0v) is 14.5. The molecule has 0 radical (unpaired) electrons. The van der Waals surface area contributed by atoms with Crippen molar-refractivity contribution in [3.63, 3.8) is 0 Å². The second-order valence-electron chi connectivity index (χ2n) is 6.80. The molecule has 1 amide bonds. The van der Waals surface area contributed by atoms with E-state index in [9.17, 15) is 14.7 Å². The summed E-state index contributed by atoms with van der Waals surface area (Å²) in [6, 6.07) is 6.64. The molecule has 0 spiro atoms. The van der Waals surface area contributed by atoms with Gasteiger partial charge in [-0.2, -0.15) is 0 Å². The maximum Gasteiger partial charge on any atom is 0.268 e. The molecule has 0 saturated heterocycles. The van der Waals surface area contributed by atoms with Crippen molar-refractivity contribution in [2.45, 2.75) is 38.3 Å². The Bertz CT molecular complexity index is 810. The van der Waals surface area contributed by atoms with Gasteiger partial charge in [-0.3, -0.25) is 14.6 Å². The Kier molecular flexibility index (Phi) is 4.99. The minimum atomic E-state index is -0.287. The highest BCUT2D eigenvalue weighted by molar-refractivity contribution is 5.92. The number of aliphatic hydroxyl groups is 1. The summed E-state index contributed by atoms with van der Waals surface area (Å²) in [6.07, 6.45) is 5.21. The van der Waals surface area contributed by atoms with Crippen LogP contribution in [0.25, 0.3) is 0 Å². The maximum absolute atomic E-state index is 12.8. The van der Waals surface area contributed by atoms with Gasteiger partial charge in [0.15, 0.2) is 5.43 Å². The van der Waals surface area contributed by atoms with E-state index in [4.69, 9.17) is 0 Å². The van der Waals surface area contributed by atoms with Crippen LogP contribution >= 0.6 is 0 Å². The number of aliphatic hydroxyl groups excluding tert-OH is 1. The Labute approximate surface area is 146 Å². The van der Waals surface area contributed by atoms with Gasteiger partial charge in [0.1, 0.15) is 5.69 Å². The van der Waals surface area contributed by atoms with Crippen LogP contribution in [0.4, 0.5) is 0 Å². The highest BCUT2D eigenvalue weighted by Gasteiger charge is 2.35. The standard InChI is InChI=1S/C19H23N3O3/c1-12-7-15(23)11-18(22(12)2)19(25)21-17(14-9-16(24)10-14)8-13-3-5-20-6-4-13/h3-7,11,14,16-17,24H,8-10H2,1-2H3,(H,21,25). The highest BCUT2D eigenvalue weighted by Crippen LogP contribution is 2.31. The average Bonchev–Trinajstić information content (AvgIpc) is 2.55. The van der Waals surface area contributed by atoms with Crippen LogP contribution in [0.5, 0.6) is 0 Å². The molecule has 1 atom stereocenters. The van der Waals surface area contributed by atoms with Crippen molar-refractivity contribution in [2.75, 3.05) is 0 Å². The van der Waals surface area contributed by atoms with Gasteiger partial charge in [-0.05, 0) is 49.8 Å². The number of nitrogens with zero attached hydrogens (tertiary/aromatic N) is 2. The molecule has 1 unspecified atom stereocenters. The van der Waals surface area contributed by atoms with Crippen LogP contribution in [0.2, 0.25) is 0 Å². The van der Waals surface area contributed by atoms with E-state index >= 15 is 0 Å². The molecule has 1 saturated carbocycles. The fraction of sp³-hybridized carbons (Fsp3) is 0.421. The first kappa shape index (κ1) is 17.4. The second-order valence-corrected chi connectivity index (χ2v) is 6.80. The maximum atomic E-state index is 12.8. The van der Waals surface area contributed by atoms with Gasteiger partial charge in [0.05, 0.1) is 6.10 Å². The molecule has 2 aromatic heterocycles. The summed E-state index contributed by atoms with van der Waals surface area (Å²) in [4.78, 5) is 28.5. The third-order valence-electron chi connectivity index (χ3n) is 4.99. The number of nitrogens with one attached hydrogen (secondary N) is 1. The molecule has 2 N–H and O–H groups in total. The Balaban J connectivity index is 1.80. The molecule has 0 bridgehead atoms. The first-order valence-electron chi connectivity index (χ1n) is 8.49. The lowest BCUT2D eigenvalue weighted by molar-refractivity contribution is 0.0238. The number of amides is 1. The molecule has 0 aromatic carbocycles. The van der Waals surface area contributed by atoms with Crippen LogP contribution in [0.3, 0.4) is 0 Å². The van der Waals surface area contributed by atoms with Crippen LogP contribution in [0, 0.1) is 12.8 Å². The summed E-state index contributed by atoms with van der Waals surface area (Å²) in [6.45, 7) is 1.80. The molecule has 0 aliphatic heterocycles. The second kappa shape index (κ2) is 7.19. The smallest absolute Gasteiger partial charge is 0.268 e. The fourth-order valence-corrected chi connectivity index (χ4v) is 3.29. The average molecular weight is 341 g/mol. The van der Waals surface area contributed by atoms with Gasteiger partial charge in [-0.15, -0.1) is 0 Å². The van der Waals surface area contributed by atoms with Gasteiger partial charge < -0.3 is 15.0 Å². The van der Waals surface area contributed by atoms with E-state index in [1.54, 1.807) is 30.9 Å². The van der Waals surface area contributed by atoms with E-state index < -0.39 is 0 Å². The van der Waals surface area contributed by atoms with Crippen molar-refractivity contribution in [1.29, 1.82) is 0 Å². The molecule has 2 heterocycles. The summed E-state index contributed by atoms with van der Waals surface area (Å²) in [5.41, 5.74) is 2.00. The van der Waals surface area contributed by atoms with E-state index in [1.165, 1.54) is 12.1 Å². The quantitative estimate of drug-likeness (QED) is 0.856. The third-order valence-corrected chi connectivity index (χ3v) is 4.99. The monoisotopic (exact) mass is 341 g/mol. The molecule has 132 valence electrons. The lowest BCUT2D eigenvalue weighted by Crippen LogP contribution is -2.48. The largest absolute Gasteiger partial charge is 0.393 e. The van der Waals surface area contributed by atoms with Crippen LogP contribution in [-0.4, -0.2) is 32.7 Å². The fourth-order valence-electron chi connectivity index (χ4n) is 3.29. The molecule has 6 nitrogen and oxygen atoms in total. The van der Waals surface area contributed by atoms with Gasteiger partial charge in [0.25, 0.3) is 5.91 Å². The normalized spacial score (nSPS) is 20.6. The first-order valence-corrected chi connectivity index (χ1v) is 8.49. The number of aryl methyl sites for hydroxylation is 1. The van der Waals surface area contributed by atoms with E-state index in [2.05, 4.69) is 10.3 Å². The molecule has 6 heteroatoms. The Hall–Kier alpha value is -2.47. The Morgan fingerprint density at radius 1 is 1.36 bits per heavy atom. The van der Waals surface area contributed by atoms with Gasteiger partial charge in [0, 0.05) is 43.3 Å². The van der Waals surface area contributed by atoms with Crippen molar-refractivity contribution >= 4 is 5.91 Å². The van der Waals surface area contributed by atoms with Crippen molar-refractivity contribution in [1.82, 2.24) is 14.9 Å². The van der Waals surface area contributed by atoms with Crippen LogP contribution in [0.15, 0.2) is 41.5 Å². The topological polar surface area (TPSA) is 84.2 Å². The van der Waals surface area contributed by atoms with Crippen molar-refractivity contribution in [2.24, 2.45) is 13.0 Å². The van der Waals surface area contributed by atoms with E-state index in [0.717, 1.165) is 11.3 Å². The minimum Gasteiger partial charge on any atom is -0.393 e. The summed E-state index contributed by atoms with van der Waals surface area (Å²) in [5, 5.41) is 12.7. The van der Waals surface area contributed by atoms with Gasteiger partial charge in [-0.25, -0.2) is 0 Å². The third kappa shape index (κ3) is 3.96. The minimum absolute atomic E-state index is 0.0890. The summed E-state index contributed by atoms with van der Waals surface area (Å²) in [5.74, 6) is -0.0299. The SMILES string of the molecule is Cc1cc(=O)cc(C(=O)NC(Cc2ccncc2)C2CC(O)C2)n1C. The molecular weight excluding hydrogens is 318 g/mol. The van der Waals surface area contributed by atoms with Crippen LogP contribution < -0.4 is 10.7 Å². The summed E-state index contributed by atoms with van der Waals surface area (Å²) < 4.78 is 1.72. The molecule has 1 fully saturated rings. The molecule has 3 rings (SSSR count). The van der Waals surface area contributed by atoms with Gasteiger partial charge >= 0.3 is 0 Å². The number of aromatic nitrogens is 2. The summed E-state index contributed by atoms with van der Waals surface area (Å²) in [7, 11) is 1.77. The van der Waals surface area contributed by atoms with Crippen molar-refractivity contribution in [3.05, 3.63) is 63.8 Å². The molecule has 25 heavy (non-hydrogen) atoms. The predicted molar refractivity (Wildman–Crippen MR) is 94.3 cm³/mol. The number of rotatable bonds is 5. The zero-order chi connectivity index (χ0) is 18.0. The molecule has 1 aliphatic carbocycles. The molecular formula is C19H23N3O3. The Morgan fingerprint density at radius 3 is 2.68 bits per heavy atom. The number of carbonyl (C=O) groups excluding carboxylic acids is 1. The van der Waals surface area contributed by atoms with E-state index in [-0.39, 0.29) is 29.4 Å². The van der Waals surface area contributed by atoms with Crippen molar-refractivity contribution < 1.29 is 9.90 Å². The lowest BCUT2D eigenvalue weighted by atomic mass is 9.75. The van der Waals surface area contributed by atoms with Crippen LogP contribution in [-0.2, 0) is 13.5 Å². The Morgan fingerprint density at radius 2 is 2.04 bits per heavy atom. The molecule has 2 aromatic rings. The van der Waals surface area contributed by atoms with Crippen LogP contribution in [0.1, 0.15) is 34.6 Å². The first-order chi connectivity index (χ1) is 11.9. The number of hydrogen-bond donors (Lipinski definition) is 2. The highest BCUT2D eigenvalue weighted by atomic mass is 16.3. The van der Waals surface area contributed by atoms with E-state index in [0.29, 0.717) is 25.0 Å². The number of pyridine rings is 2. The lowest BCUT2D eigenvalue weighted by Gasteiger charge is -2.38. The number of carbonyl (C=O) groups is 1. The summed E-state index contributed by atoms with van der Waals surface area (Å²) >= 11 is 0. The van der Waals surface area contributed by atoms with Crippen molar-refractivity contribution in [3.8, 4) is 0 Å². The van der Waals surface area contributed by atoms with E-state index in [1.807, 2.05) is 12.1 Å². The van der Waals surface area contributed by atoms with Gasteiger partial charge in [-0.1, -0.05) is 0 Å². The molecule has 1 aliphatic rings. The predicted octanol–water partition coefficient (Wildman–Crippen LogP) is 1.20. The number of hydrogen-bond acceptors (Lipinski definition) is 4. The zero-order valence-electron chi connectivity index (χ0n) is 14.5.